The normalized spacial score (nSPS) is 7.33. The monoisotopic (exact) mass is 114 g/mol. The van der Waals surface area contributed by atoms with Crippen molar-refractivity contribution in [1.29, 1.82) is 0 Å². The van der Waals surface area contributed by atoms with Crippen molar-refractivity contribution in [2.75, 3.05) is 0 Å². The topological polar surface area (TPSA) is 0 Å². The Morgan fingerprint density at radius 3 is 1.50 bits per heavy atom. The molecular formula is C4H10Si2. The second kappa shape index (κ2) is 5.17. The number of hydrogen-bond donors (Lipinski definition) is 0. The number of rotatable bonds is 3. The van der Waals surface area contributed by atoms with Crippen molar-refractivity contribution in [2.45, 2.75) is 12.8 Å². The van der Waals surface area contributed by atoms with Gasteiger partial charge in [-0.25, -0.2) is 0 Å². The van der Waals surface area contributed by atoms with Crippen LogP contribution in [-0.2, 0) is 0 Å². The molecule has 6 heavy (non-hydrogen) atoms. The predicted octanol–water partition coefficient (Wildman–Crippen LogP) is -1.36. The summed E-state index contributed by atoms with van der Waals surface area (Å²) in [7, 11) is 3.85. The van der Waals surface area contributed by atoms with Crippen LogP contribution in [0.25, 0.3) is 0 Å². The first-order chi connectivity index (χ1) is 2.91. The molecule has 0 N–H and O–H groups in total. The molecule has 0 aromatic heterocycles. The van der Waals surface area contributed by atoms with Crippen molar-refractivity contribution in [1.82, 2.24) is 0 Å². The maximum absolute atomic E-state index is 2.21. The van der Waals surface area contributed by atoms with Gasteiger partial charge in [-0.2, -0.15) is 0 Å². The first-order valence-corrected chi connectivity index (χ1v) is 3.77. The molecule has 2 heteroatoms. The van der Waals surface area contributed by atoms with Crippen LogP contribution in [0.1, 0.15) is 12.8 Å². The van der Waals surface area contributed by atoms with Gasteiger partial charge in [-0.15, -0.1) is 11.3 Å². The lowest BCUT2D eigenvalue weighted by molar-refractivity contribution is 1.23. The summed E-state index contributed by atoms with van der Waals surface area (Å²) in [6, 6.07) is 0. The van der Waals surface area contributed by atoms with Crippen LogP contribution >= 0.6 is 0 Å². The molecule has 0 aliphatic rings. The average Bonchev–Trinajstić information content (AvgIpc) is 1.61. The van der Waals surface area contributed by atoms with Gasteiger partial charge in [0.25, 0.3) is 0 Å². The Bertz CT molecular complexity index is 41.5. The van der Waals surface area contributed by atoms with E-state index < -0.39 is 0 Å². The highest BCUT2D eigenvalue weighted by Gasteiger charge is 1.65. The van der Waals surface area contributed by atoms with E-state index in [1.54, 1.807) is 0 Å². The van der Waals surface area contributed by atoms with Gasteiger partial charge in [0, 0.05) is 0 Å². The molecule has 0 spiro atoms. The van der Waals surface area contributed by atoms with Crippen LogP contribution < -0.4 is 0 Å². The Kier molecular flexibility index (Phi) is 5.32. The van der Waals surface area contributed by atoms with Crippen molar-refractivity contribution >= 4 is 31.1 Å². The van der Waals surface area contributed by atoms with Crippen molar-refractivity contribution in [3.8, 4) is 0 Å². The van der Waals surface area contributed by atoms with Crippen LogP contribution in [0.3, 0.4) is 0 Å². The third kappa shape index (κ3) is 4.17. The van der Waals surface area contributed by atoms with Crippen molar-refractivity contribution in [2.24, 2.45) is 0 Å². The first-order valence-electron chi connectivity index (χ1n) is 2.13. The van der Waals surface area contributed by atoms with E-state index in [0.29, 0.717) is 0 Å². The minimum atomic E-state index is 1.25. The van der Waals surface area contributed by atoms with Crippen LogP contribution in [0.2, 0.25) is 0 Å². The molecule has 0 heterocycles. The SMILES string of the molecule is [SiH2]=CCCC=[SiH2]. The van der Waals surface area contributed by atoms with E-state index in [-0.39, 0.29) is 0 Å². The molecule has 0 aromatic rings. The number of unbranched alkanes of at least 4 members (excludes halogenated alkanes) is 1. The lowest BCUT2D eigenvalue weighted by Crippen LogP contribution is -1.75. The van der Waals surface area contributed by atoms with Crippen LogP contribution in [0.5, 0.6) is 0 Å². The minimum absolute atomic E-state index is 1.25. The summed E-state index contributed by atoms with van der Waals surface area (Å²) in [6.45, 7) is 0. The fourth-order valence-corrected chi connectivity index (χ4v) is 0.707. The maximum Gasteiger partial charge on any atom is -0.0288 e. The molecule has 0 rings (SSSR count). The van der Waals surface area contributed by atoms with E-state index in [4.69, 9.17) is 0 Å². The van der Waals surface area contributed by atoms with Gasteiger partial charge in [-0.1, -0.05) is 0 Å². The molecule has 0 nitrogen and oxygen atoms in total. The van der Waals surface area contributed by atoms with E-state index in [1.165, 1.54) is 12.8 Å². The molecule has 0 fully saturated rings. The molecule has 0 aromatic carbocycles. The van der Waals surface area contributed by atoms with Gasteiger partial charge in [0.15, 0.2) is 0 Å². The molecule has 0 radical (unpaired) electrons. The zero-order chi connectivity index (χ0) is 4.83. The lowest BCUT2D eigenvalue weighted by Gasteiger charge is -1.77. The Morgan fingerprint density at radius 1 is 1.00 bits per heavy atom. The Hall–Kier alpha value is 0.174. The van der Waals surface area contributed by atoms with Crippen LogP contribution in [-0.4, -0.2) is 31.1 Å². The van der Waals surface area contributed by atoms with Crippen molar-refractivity contribution < 1.29 is 0 Å². The van der Waals surface area contributed by atoms with E-state index >= 15 is 0 Å². The zero-order valence-electron chi connectivity index (χ0n) is 3.98. The van der Waals surface area contributed by atoms with Gasteiger partial charge in [0.1, 0.15) is 0 Å². The van der Waals surface area contributed by atoms with Crippen LogP contribution in [0, 0.1) is 0 Å². The van der Waals surface area contributed by atoms with Gasteiger partial charge < -0.3 is 0 Å². The highest BCUT2D eigenvalue weighted by Crippen LogP contribution is 1.72. The second-order valence-electron chi connectivity index (χ2n) is 1.15. The standard InChI is InChI=1S/C4H10Si2/c5-3-1-2-4-6/h3-4H,1-2,5-6H2. The summed E-state index contributed by atoms with van der Waals surface area (Å²) < 4.78 is 0. The summed E-state index contributed by atoms with van der Waals surface area (Å²) in [6.07, 6.45) is 2.50. The van der Waals surface area contributed by atoms with E-state index in [0.717, 1.165) is 0 Å². The predicted molar refractivity (Wildman–Crippen MR) is 38.5 cm³/mol. The molecule has 0 amide bonds. The minimum Gasteiger partial charge on any atom is -0.109 e. The molecule has 0 saturated heterocycles. The van der Waals surface area contributed by atoms with Crippen LogP contribution in [0.15, 0.2) is 0 Å². The summed E-state index contributed by atoms with van der Waals surface area (Å²) in [5.41, 5.74) is 4.43. The van der Waals surface area contributed by atoms with Crippen LogP contribution in [0.4, 0.5) is 0 Å². The van der Waals surface area contributed by atoms with Gasteiger partial charge in [-0.3, -0.25) is 0 Å². The lowest BCUT2D eigenvalue weighted by atomic mass is 10.4. The third-order valence-corrected chi connectivity index (χ3v) is 1.39. The smallest absolute Gasteiger partial charge is 0.0288 e. The number of hydrogen-bond acceptors (Lipinski definition) is 0. The highest BCUT2D eigenvalue weighted by molar-refractivity contribution is 6.30. The Morgan fingerprint density at radius 2 is 1.33 bits per heavy atom. The zero-order valence-corrected chi connectivity index (χ0v) is 6.81. The summed E-state index contributed by atoms with van der Waals surface area (Å²) in [4.78, 5) is 0. The summed E-state index contributed by atoms with van der Waals surface area (Å²) >= 11 is 0. The molecule has 0 atom stereocenters. The van der Waals surface area contributed by atoms with E-state index in [1.807, 2.05) is 19.7 Å². The van der Waals surface area contributed by atoms with E-state index in [9.17, 15) is 0 Å². The molecule has 0 bridgehead atoms. The fourth-order valence-electron chi connectivity index (χ4n) is 0.236. The molecule has 0 aliphatic heterocycles. The largest absolute Gasteiger partial charge is 0.109 e. The van der Waals surface area contributed by atoms with Crippen molar-refractivity contribution in [3.63, 3.8) is 0 Å². The first kappa shape index (κ1) is 6.17. The van der Waals surface area contributed by atoms with Gasteiger partial charge in [0.05, 0.1) is 0 Å². The highest BCUT2D eigenvalue weighted by atomic mass is 28.1. The molecule has 0 unspecified atom stereocenters. The quantitative estimate of drug-likeness (QED) is 0.314. The maximum atomic E-state index is 2.21. The second-order valence-corrected chi connectivity index (χ2v) is 2.31. The molecule has 0 aliphatic carbocycles. The third-order valence-electron chi connectivity index (χ3n) is 0.575. The molecule has 0 saturated carbocycles. The molecule has 34 valence electrons. The average molecular weight is 114 g/mol. The van der Waals surface area contributed by atoms with Gasteiger partial charge >= 0.3 is 0 Å². The van der Waals surface area contributed by atoms with Crippen molar-refractivity contribution in [3.05, 3.63) is 0 Å². The summed E-state index contributed by atoms with van der Waals surface area (Å²) in [5, 5.41) is 0. The fraction of sp³-hybridized carbons (Fsp3) is 0.500. The summed E-state index contributed by atoms with van der Waals surface area (Å²) in [5.74, 6) is 0. The van der Waals surface area contributed by atoms with Gasteiger partial charge in [-0.05, 0) is 32.6 Å². The molecular weight excluding hydrogens is 104 g/mol. The van der Waals surface area contributed by atoms with E-state index in [2.05, 4.69) is 11.3 Å². The Labute approximate surface area is 44.7 Å². The van der Waals surface area contributed by atoms with Gasteiger partial charge in [0.2, 0.25) is 0 Å². The Balaban J connectivity index is 2.66.